The second-order valence-electron chi connectivity index (χ2n) is 4.81. The topological polar surface area (TPSA) is 44.8 Å². The lowest BCUT2D eigenvalue weighted by molar-refractivity contribution is -0.144. The van der Waals surface area contributed by atoms with Crippen molar-refractivity contribution in [3.8, 4) is 22.6 Å². The number of fused-ring (bicyclic) bond motifs is 3. The molecular weight excluding hydrogens is 283 g/mol. The lowest BCUT2D eigenvalue weighted by atomic mass is 10.1. The molecule has 1 unspecified atom stereocenters. The SMILES string of the molecule is COc1ccc2c(c1)C(OC(C)=O)c1cc([O][Al])ccc1-2. The van der Waals surface area contributed by atoms with E-state index in [1.54, 1.807) is 7.11 Å². The Balaban J connectivity index is 2.17. The van der Waals surface area contributed by atoms with Gasteiger partial charge in [0.05, 0.1) is 12.9 Å². The first-order valence-corrected chi connectivity index (χ1v) is 6.97. The van der Waals surface area contributed by atoms with Crippen molar-refractivity contribution in [2.24, 2.45) is 0 Å². The van der Waals surface area contributed by atoms with E-state index in [4.69, 9.17) is 13.3 Å². The van der Waals surface area contributed by atoms with Gasteiger partial charge in [0.1, 0.15) is 5.75 Å². The number of carbonyl (C=O) groups is 1. The van der Waals surface area contributed by atoms with Crippen LogP contribution in [0.4, 0.5) is 0 Å². The van der Waals surface area contributed by atoms with Crippen LogP contribution in [-0.2, 0) is 9.53 Å². The van der Waals surface area contributed by atoms with Crippen LogP contribution in [0.5, 0.6) is 11.5 Å². The fourth-order valence-electron chi connectivity index (χ4n) is 2.67. The zero-order chi connectivity index (χ0) is 15.0. The summed E-state index contributed by atoms with van der Waals surface area (Å²) >= 11 is 2.22. The molecule has 0 aromatic heterocycles. The zero-order valence-electron chi connectivity index (χ0n) is 11.8. The van der Waals surface area contributed by atoms with Gasteiger partial charge >= 0.3 is 22.6 Å². The highest BCUT2D eigenvalue weighted by molar-refractivity contribution is 6.00. The quantitative estimate of drug-likeness (QED) is 0.645. The van der Waals surface area contributed by atoms with Crippen molar-refractivity contribution < 1.29 is 18.1 Å². The molecule has 104 valence electrons. The second kappa shape index (κ2) is 5.44. The molecular formula is C16H13AlO4. The Morgan fingerprint density at radius 2 is 1.62 bits per heavy atom. The number of carbonyl (C=O) groups excluding carboxylic acids is 1. The summed E-state index contributed by atoms with van der Waals surface area (Å²) in [5.41, 5.74) is 3.95. The molecule has 0 saturated heterocycles. The van der Waals surface area contributed by atoms with Crippen molar-refractivity contribution in [2.45, 2.75) is 13.0 Å². The fraction of sp³-hybridized carbons (Fsp3) is 0.188. The average molecular weight is 296 g/mol. The van der Waals surface area contributed by atoms with E-state index in [9.17, 15) is 4.79 Å². The second-order valence-corrected chi connectivity index (χ2v) is 5.05. The van der Waals surface area contributed by atoms with E-state index < -0.39 is 6.10 Å². The van der Waals surface area contributed by atoms with Crippen molar-refractivity contribution in [2.75, 3.05) is 7.11 Å². The summed E-state index contributed by atoms with van der Waals surface area (Å²) in [7, 11) is 1.62. The number of methoxy groups -OCH3 is 1. The molecule has 5 heteroatoms. The predicted octanol–water partition coefficient (Wildman–Crippen LogP) is 2.79. The van der Waals surface area contributed by atoms with Crippen molar-refractivity contribution >= 4 is 22.6 Å². The normalized spacial score (nSPS) is 15.0. The maximum Gasteiger partial charge on any atom is 0.482 e. The first kappa shape index (κ1) is 14.0. The Hall–Kier alpha value is -1.96. The van der Waals surface area contributed by atoms with E-state index in [1.807, 2.05) is 36.4 Å². The number of esters is 1. The summed E-state index contributed by atoms with van der Waals surface area (Å²) in [5, 5.41) is 0. The van der Waals surface area contributed by atoms with Crippen LogP contribution in [-0.4, -0.2) is 29.7 Å². The van der Waals surface area contributed by atoms with E-state index in [2.05, 4.69) is 16.6 Å². The molecule has 0 bridgehead atoms. The first-order chi connectivity index (χ1) is 10.1. The Morgan fingerprint density at radius 3 is 2.14 bits per heavy atom. The number of rotatable bonds is 3. The van der Waals surface area contributed by atoms with Crippen LogP contribution >= 0.6 is 0 Å². The Morgan fingerprint density at radius 1 is 1.05 bits per heavy atom. The van der Waals surface area contributed by atoms with Gasteiger partial charge in [0.2, 0.25) is 0 Å². The summed E-state index contributed by atoms with van der Waals surface area (Å²) in [5.74, 6) is 1.12. The van der Waals surface area contributed by atoms with E-state index >= 15 is 0 Å². The minimum atomic E-state index is -0.428. The van der Waals surface area contributed by atoms with E-state index in [0.29, 0.717) is 5.75 Å². The van der Waals surface area contributed by atoms with Gasteiger partial charge in [-0.2, -0.15) is 0 Å². The van der Waals surface area contributed by atoms with Crippen LogP contribution in [0.2, 0.25) is 0 Å². The van der Waals surface area contributed by atoms with Crippen LogP contribution in [0.3, 0.4) is 0 Å². The van der Waals surface area contributed by atoms with Crippen molar-refractivity contribution in [1.82, 2.24) is 0 Å². The fourth-order valence-corrected chi connectivity index (χ4v) is 2.81. The molecule has 4 nitrogen and oxygen atoms in total. The first-order valence-electron chi connectivity index (χ1n) is 6.50. The van der Waals surface area contributed by atoms with Gasteiger partial charge in [-0.25, -0.2) is 0 Å². The molecule has 2 aromatic rings. The van der Waals surface area contributed by atoms with Crippen LogP contribution < -0.4 is 8.53 Å². The van der Waals surface area contributed by atoms with E-state index in [0.717, 1.165) is 28.0 Å². The third kappa shape index (κ3) is 2.39. The molecule has 3 rings (SSSR count). The van der Waals surface area contributed by atoms with Gasteiger partial charge < -0.3 is 13.3 Å². The van der Waals surface area contributed by atoms with Gasteiger partial charge in [-0.15, -0.1) is 0 Å². The standard InChI is InChI=1S/C16H14O4.Al/c1-9(17)20-16-14-7-10(18)3-5-12(14)13-6-4-11(19-2)8-15(13)16;/h3-8,16,18H,1-2H3;/q;+1/p-1. The molecule has 1 atom stereocenters. The number of ether oxygens (including phenoxy) is 2. The van der Waals surface area contributed by atoms with Crippen molar-refractivity contribution in [3.05, 3.63) is 47.5 Å². The average Bonchev–Trinajstić information content (AvgIpc) is 2.79. The maximum atomic E-state index is 11.4. The summed E-state index contributed by atoms with van der Waals surface area (Å²) in [4.78, 5) is 11.4. The van der Waals surface area contributed by atoms with Gasteiger partial charge in [0.25, 0.3) is 0 Å². The molecule has 0 fully saturated rings. The summed E-state index contributed by atoms with van der Waals surface area (Å²) < 4.78 is 16.0. The minimum absolute atomic E-state index is 0.321. The molecule has 0 heterocycles. The Kier molecular flexibility index (Phi) is 3.63. The molecule has 2 aromatic carbocycles. The lowest BCUT2D eigenvalue weighted by Crippen LogP contribution is -2.07. The van der Waals surface area contributed by atoms with Gasteiger partial charge in [-0.05, 0) is 35.4 Å². The number of hydrogen-bond donors (Lipinski definition) is 0. The van der Waals surface area contributed by atoms with E-state index in [1.165, 1.54) is 6.92 Å². The van der Waals surface area contributed by atoms with Gasteiger partial charge in [-0.3, -0.25) is 4.79 Å². The van der Waals surface area contributed by atoms with Crippen LogP contribution in [0.15, 0.2) is 36.4 Å². The lowest BCUT2D eigenvalue weighted by Gasteiger charge is -2.15. The summed E-state index contributed by atoms with van der Waals surface area (Å²) in [6, 6.07) is 11.5. The van der Waals surface area contributed by atoms with Gasteiger partial charge in [0.15, 0.2) is 6.10 Å². The van der Waals surface area contributed by atoms with Crippen molar-refractivity contribution in [1.29, 1.82) is 0 Å². The summed E-state index contributed by atoms with van der Waals surface area (Å²) in [6.07, 6.45) is -0.428. The molecule has 0 spiro atoms. The highest BCUT2D eigenvalue weighted by Crippen LogP contribution is 2.47. The van der Waals surface area contributed by atoms with Gasteiger partial charge in [0, 0.05) is 18.1 Å². The minimum Gasteiger partial charge on any atom is -0.654 e. The largest absolute Gasteiger partial charge is 0.654 e. The molecule has 2 radical (unpaired) electrons. The molecule has 1 aliphatic rings. The smallest absolute Gasteiger partial charge is 0.482 e. The molecule has 0 amide bonds. The highest BCUT2D eigenvalue weighted by Gasteiger charge is 2.31. The maximum absolute atomic E-state index is 11.4. The van der Waals surface area contributed by atoms with Crippen LogP contribution in [0.25, 0.3) is 11.1 Å². The Bertz CT molecular complexity index is 658. The zero-order valence-corrected chi connectivity index (χ0v) is 12.9. The third-order valence-corrected chi connectivity index (χ3v) is 3.83. The third-order valence-electron chi connectivity index (χ3n) is 3.56. The molecule has 0 N–H and O–H groups in total. The van der Waals surface area contributed by atoms with E-state index in [-0.39, 0.29) is 5.97 Å². The molecule has 0 saturated carbocycles. The van der Waals surface area contributed by atoms with Crippen LogP contribution in [0.1, 0.15) is 24.2 Å². The number of benzene rings is 2. The van der Waals surface area contributed by atoms with Crippen LogP contribution in [0, 0.1) is 0 Å². The highest BCUT2D eigenvalue weighted by atomic mass is 27.1. The number of hydrogen-bond acceptors (Lipinski definition) is 4. The monoisotopic (exact) mass is 296 g/mol. The van der Waals surface area contributed by atoms with Crippen molar-refractivity contribution in [3.63, 3.8) is 0 Å². The summed E-state index contributed by atoms with van der Waals surface area (Å²) in [6.45, 7) is 1.41. The molecule has 0 aliphatic heterocycles. The predicted molar refractivity (Wildman–Crippen MR) is 78.4 cm³/mol. The molecule has 1 aliphatic carbocycles. The van der Waals surface area contributed by atoms with Gasteiger partial charge in [-0.1, -0.05) is 12.1 Å². The Labute approximate surface area is 131 Å². The molecule has 21 heavy (non-hydrogen) atoms.